The summed E-state index contributed by atoms with van der Waals surface area (Å²) in [6.45, 7) is 4.68. The van der Waals surface area contributed by atoms with Crippen molar-refractivity contribution in [3.63, 3.8) is 0 Å². The van der Waals surface area contributed by atoms with Crippen molar-refractivity contribution in [1.29, 1.82) is 0 Å². The van der Waals surface area contributed by atoms with E-state index in [-0.39, 0.29) is 0 Å². The molecule has 23 heavy (non-hydrogen) atoms. The Labute approximate surface area is 136 Å². The van der Waals surface area contributed by atoms with E-state index in [0.717, 1.165) is 52.0 Å². The van der Waals surface area contributed by atoms with Crippen LogP contribution in [0.3, 0.4) is 0 Å². The van der Waals surface area contributed by atoms with Crippen LogP contribution in [-0.2, 0) is 4.74 Å². The molecular formula is C17H24N4O2. The Morgan fingerprint density at radius 2 is 2.26 bits per heavy atom. The van der Waals surface area contributed by atoms with Gasteiger partial charge in [0.15, 0.2) is 0 Å². The average molecular weight is 316 g/mol. The first-order valence-electron chi connectivity index (χ1n) is 8.26. The molecule has 3 heterocycles. The van der Waals surface area contributed by atoms with Gasteiger partial charge in [0.2, 0.25) is 0 Å². The normalized spacial score (nSPS) is 22.4. The molecule has 1 amide bonds. The number of primary amides is 1. The summed E-state index contributed by atoms with van der Waals surface area (Å²) in [5, 5.41) is 0. The van der Waals surface area contributed by atoms with Crippen molar-refractivity contribution in [2.75, 3.05) is 37.6 Å². The van der Waals surface area contributed by atoms with Crippen molar-refractivity contribution in [3.05, 3.63) is 36.2 Å². The molecule has 0 bridgehead atoms. The van der Waals surface area contributed by atoms with Crippen LogP contribution < -0.4 is 10.6 Å². The SMILES string of the molecule is NC(=O)c1cccnc1N1CCCN(CC2CCC=CO2)CC1. The van der Waals surface area contributed by atoms with Gasteiger partial charge in [-0.25, -0.2) is 4.98 Å². The fraction of sp³-hybridized carbons (Fsp3) is 0.529. The number of aromatic nitrogens is 1. The summed E-state index contributed by atoms with van der Waals surface area (Å²) < 4.78 is 5.67. The van der Waals surface area contributed by atoms with Gasteiger partial charge >= 0.3 is 0 Å². The highest BCUT2D eigenvalue weighted by atomic mass is 16.5. The Balaban J connectivity index is 1.62. The van der Waals surface area contributed by atoms with Gasteiger partial charge in [0.05, 0.1) is 11.8 Å². The molecular weight excluding hydrogens is 292 g/mol. The van der Waals surface area contributed by atoms with E-state index in [2.05, 4.69) is 20.9 Å². The van der Waals surface area contributed by atoms with E-state index in [4.69, 9.17) is 10.5 Å². The number of anilines is 1. The lowest BCUT2D eigenvalue weighted by molar-refractivity contribution is 0.0815. The van der Waals surface area contributed by atoms with Crippen molar-refractivity contribution in [2.45, 2.75) is 25.4 Å². The summed E-state index contributed by atoms with van der Waals surface area (Å²) >= 11 is 0. The number of amides is 1. The summed E-state index contributed by atoms with van der Waals surface area (Å²) in [5.41, 5.74) is 5.97. The Bertz CT molecular complexity index is 575. The maximum atomic E-state index is 11.6. The molecule has 2 N–H and O–H groups in total. The highest BCUT2D eigenvalue weighted by molar-refractivity contribution is 5.97. The van der Waals surface area contributed by atoms with Gasteiger partial charge in [0.25, 0.3) is 5.91 Å². The number of nitrogens with two attached hydrogens (primary N) is 1. The quantitative estimate of drug-likeness (QED) is 0.909. The van der Waals surface area contributed by atoms with Gasteiger partial charge in [-0.3, -0.25) is 9.69 Å². The van der Waals surface area contributed by atoms with Gasteiger partial charge in [-0.1, -0.05) is 0 Å². The largest absolute Gasteiger partial charge is 0.497 e. The van der Waals surface area contributed by atoms with Crippen LogP contribution in [-0.4, -0.2) is 54.6 Å². The molecule has 1 aromatic heterocycles. The van der Waals surface area contributed by atoms with E-state index in [0.29, 0.717) is 17.5 Å². The minimum atomic E-state index is -0.420. The number of carbonyl (C=O) groups is 1. The fourth-order valence-electron chi connectivity index (χ4n) is 3.21. The van der Waals surface area contributed by atoms with Crippen LogP contribution in [0.1, 0.15) is 29.6 Å². The Hall–Kier alpha value is -2.08. The van der Waals surface area contributed by atoms with E-state index in [9.17, 15) is 4.79 Å². The summed E-state index contributed by atoms with van der Waals surface area (Å²) in [6.07, 6.45) is 9.13. The molecule has 1 fully saturated rings. The second kappa shape index (κ2) is 7.46. The van der Waals surface area contributed by atoms with Crippen molar-refractivity contribution in [2.24, 2.45) is 5.73 Å². The number of allylic oxidation sites excluding steroid dienone is 1. The second-order valence-corrected chi connectivity index (χ2v) is 6.09. The van der Waals surface area contributed by atoms with Crippen molar-refractivity contribution >= 4 is 11.7 Å². The molecule has 6 heteroatoms. The average Bonchev–Trinajstić information content (AvgIpc) is 2.81. The van der Waals surface area contributed by atoms with E-state index in [1.807, 2.05) is 6.26 Å². The zero-order valence-corrected chi connectivity index (χ0v) is 13.4. The highest BCUT2D eigenvalue weighted by Gasteiger charge is 2.22. The molecule has 0 aromatic carbocycles. The van der Waals surface area contributed by atoms with E-state index in [1.54, 1.807) is 18.3 Å². The first kappa shape index (κ1) is 15.8. The molecule has 0 aliphatic carbocycles. The second-order valence-electron chi connectivity index (χ2n) is 6.09. The highest BCUT2D eigenvalue weighted by Crippen LogP contribution is 2.19. The molecule has 1 saturated heterocycles. The minimum absolute atomic E-state index is 0.294. The van der Waals surface area contributed by atoms with Crippen LogP contribution in [0.15, 0.2) is 30.7 Å². The Morgan fingerprint density at radius 3 is 3.04 bits per heavy atom. The third kappa shape index (κ3) is 4.01. The summed E-state index contributed by atoms with van der Waals surface area (Å²) in [6, 6.07) is 3.50. The zero-order valence-electron chi connectivity index (χ0n) is 13.4. The molecule has 124 valence electrons. The molecule has 3 rings (SSSR count). The molecule has 2 aliphatic rings. The van der Waals surface area contributed by atoms with Gasteiger partial charge in [0.1, 0.15) is 11.9 Å². The lowest BCUT2D eigenvalue weighted by Crippen LogP contribution is -2.37. The van der Waals surface area contributed by atoms with Crippen LogP contribution in [0.4, 0.5) is 5.82 Å². The summed E-state index contributed by atoms with van der Waals surface area (Å²) in [7, 11) is 0. The number of hydrogen-bond donors (Lipinski definition) is 1. The molecule has 0 saturated carbocycles. The van der Waals surface area contributed by atoms with Gasteiger partial charge in [-0.15, -0.1) is 0 Å². The Kier molecular flexibility index (Phi) is 5.12. The molecule has 6 nitrogen and oxygen atoms in total. The number of carbonyl (C=O) groups excluding carboxylic acids is 1. The topological polar surface area (TPSA) is 71.7 Å². The lowest BCUT2D eigenvalue weighted by atomic mass is 10.1. The predicted molar refractivity (Wildman–Crippen MR) is 89.3 cm³/mol. The smallest absolute Gasteiger partial charge is 0.252 e. The van der Waals surface area contributed by atoms with Gasteiger partial charge in [-0.05, 0) is 37.5 Å². The van der Waals surface area contributed by atoms with E-state index in [1.165, 1.54) is 0 Å². The number of pyridine rings is 1. The maximum absolute atomic E-state index is 11.6. The molecule has 0 radical (unpaired) electrons. The lowest BCUT2D eigenvalue weighted by Gasteiger charge is -2.27. The van der Waals surface area contributed by atoms with Crippen LogP contribution in [0, 0.1) is 0 Å². The Morgan fingerprint density at radius 1 is 1.35 bits per heavy atom. The minimum Gasteiger partial charge on any atom is -0.497 e. The first-order chi connectivity index (χ1) is 11.2. The fourth-order valence-corrected chi connectivity index (χ4v) is 3.21. The van der Waals surface area contributed by atoms with Crippen molar-refractivity contribution in [3.8, 4) is 0 Å². The summed E-state index contributed by atoms with van der Waals surface area (Å²) in [5.74, 6) is 0.287. The van der Waals surface area contributed by atoms with Crippen LogP contribution >= 0.6 is 0 Å². The standard InChI is InChI=1S/C17H24N4O2/c18-16(22)15-6-3-7-19-17(15)21-9-4-8-20(10-11-21)13-14-5-1-2-12-23-14/h2-3,6-7,12,14H,1,4-5,8-11,13H2,(H2,18,22). The molecule has 1 aromatic rings. The van der Waals surface area contributed by atoms with E-state index < -0.39 is 5.91 Å². The zero-order chi connectivity index (χ0) is 16.1. The summed E-state index contributed by atoms with van der Waals surface area (Å²) in [4.78, 5) is 20.6. The van der Waals surface area contributed by atoms with Crippen molar-refractivity contribution < 1.29 is 9.53 Å². The van der Waals surface area contributed by atoms with Crippen LogP contribution in [0.5, 0.6) is 0 Å². The maximum Gasteiger partial charge on any atom is 0.252 e. The number of ether oxygens (including phenoxy) is 1. The first-order valence-corrected chi connectivity index (χ1v) is 8.26. The molecule has 1 unspecified atom stereocenters. The van der Waals surface area contributed by atoms with Gasteiger partial charge in [0, 0.05) is 38.9 Å². The van der Waals surface area contributed by atoms with Gasteiger partial charge in [-0.2, -0.15) is 0 Å². The van der Waals surface area contributed by atoms with Crippen LogP contribution in [0.2, 0.25) is 0 Å². The molecule has 0 spiro atoms. The van der Waals surface area contributed by atoms with Crippen LogP contribution in [0.25, 0.3) is 0 Å². The third-order valence-electron chi connectivity index (χ3n) is 4.42. The third-order valence-corrected chi connectivity index (χ3v) is 4.42. The molecule has 2 aliphatic heterocycles. The van der Waals surface area contributed by atoms with Gasteiger partial charge < -0.3 is 15.4 Å². The monoisotopic (exact) mass is 316 g/mol. The molecule has 1 atom stereocenters. The number of rotatable bonds is 4. The van der Waals surface area contributed by atoms with Crippen molar-refractivity contribution in [1.82, 2.24) is 9.88 Å². The predicted octanol–water partition coefficient (Wildman–Crippen LogP) is 1.39. The van der Waals surface area contributed by atoms with E-state index >= 15 is 0 Å². The number of hydrogen-bond acceptors (Lipinski definition) is 5. The number of nitrogens with zero attached hydrogens (tertiary/aromatic N) is 3.